The molecule has 1 aromatic carbocycles. The summed E-state index contributed by atoms with van der Waals surface area (Å²) in [4.78, 5) is 2.52. The van der Waals surface area contributed by atoms with Gasteiger partial charge in [0.2, 0.25) is 0 Å². The second-order valence-electron chi connectivity index (χ2n) is 4.73. The third-order valence-corrected chi connectivity index (χ3v) is 3.45. The molecule has 0 radical (unpaired) electrons. The number of nitrogen functional groups attached to an aromatic ring is 1. The summed E-state index contributed by atoms with van der Waals surface area (Å²) in [5, 5.41) is 0. The molecule has 1 aliphatic rings. The summed E-state index contributed by atoms with van der Waals surface area (Å²) >= 11 is 0. The van der Waals surface area contributed by atoms with Crippen LogP contribution in [0.2, 0.25) is 0 Å². The molecule has 15 heavy (non-hydrogen) atoms. The molecule has 0 spiro atoms. The fraction of sp³-hybridized carbons (Fsp3) is 0.538. The molecule has 0 aliphatic carbocycles. The van der Waals surface area contributed by atoms with Crippen molar-refractivity contribution in [3.63, 3.8) is 0 Å². The first-order chi connectivity index (χ1) is 7.09. The Labute approximate surface area is 92.1 Å². The molecule has 2 nitrogen and oxygen atoms in total. The van der Waals surface area contributed by atoms with Crippen molar-refractivity contribution in [2.75, 3.05) is 10.6 Å². The van der Waals surface area contributed by atoms with E-state index in [2.05, 4.69) is 37.8 Å². The zero-order chi connectivity index (χ0) is 11.0. The topological polar surface area (TPSA) is 29.3 Å². The van der Waals surface area contributed by atoms with Crippen molar-refractivity contribution in [3.8, 4) is 0 Å². The molecular weight excluding hydrogens is 184 g/mol. The van der Waals surface area contributed by atoms with Crippen LogP contribution in [-0.2, 0) is 0 Å². The molecule has 2 heteroatoms. The van der Waals surface area contributed by atoms with E-state index in [-0.39, 0.29) is 0 Å². The minimum atomic E-state index is 0.655. The highest BCUT2D eigenvalue weighted by molar-refractivity contribution is 5.60. The lowest BCUT2D eigenvalue weighted by molar-refractivity contribution is 0.692. The first-order valence-corrected chi connectivity index (χ1v) is 5.74. The lowest BCUT2D eigenvalue weighted by Gasteiger charge is -2.30. The van der Waals surface area contributed by atoms with Crippen molar-refractivity contribution in [3.05, 3.63) is 23.8 Å². The van der Waals surface area contributed by atoms with Gasteiger partial charge >= 0.3 is 0 Å². The van der Waals surface area contributed by atoms with Gasteiger partial charge in [-0.05, 0) is 57.4 Å². The van der Waals surface area contributed by atoms with Gasteiger partial charge in [-0.15, -0.1) is 0 Å². The third kappa shape index (κ3) is 1.81. The van der Waals surface area contributed by atoms with Crippen LogP contribution in [0, 0.1) is 6.92 Å². The maximum Gasteiger partial charge on any atom is 0.0402 e. The highest BCUT2D eigenvalue weighted by atomic mass is 15.2. The van der Waals surface area contributed by atoms with Crippen LogP contribution in [0.4, 0.5) is 11.4 Å². The zero-order valence-electron chi connectivity index (χ0n) is 9.83. The van der Waals surface area contributed by atoms with Crippen LogP contribution in [0.5, 0.6) is 0 Å². The van der Waals surface area contributed by atoms with E-state index in [9.17, 15) is 0 Å². The summed E-state index contributed by atoms with van der Waals surface area (Å²) in [6.45, 7) is 6.75. The SMILES string of the molecule is Cc1cc(N)ccc1N1[C@H](C)CC[C@@H]1C. The summed E-state index contributed by atoms with van der Waals surface area (Å²) < 4.78 is 0. The third-order valence-electron chi connectivity index (χ3n) is 3.45. The van der Waals surface area contributed by atoms with E-state index in [1.807, 2.05) is 6.07 Å². The van der Waals surface area contributed by atoms with E-state index in [1.165, 1.54) is 24.1 Å². The standard InChI is InChI=1S/C13H20N2/c1-9-8-12(14)6-7-13(9)15-10(2)4-5-11(15)3/h6-8,10-11H,4-5,14H2,1-3H3/t10-,11+. The minimum Gasteiger partial charge on any atom is -0.399 e. The summed E-state index contributed by atoms with van der Waals surface area (Å²) in [5.74, 6) is 0. The van der Waals surface area contributed by atoms with E-state index < -0.39 is 0 Å². The number of benzene rings is 1. The molecule has 2 atom stereocenters. The van der Waals surface area contributed by atoms with Gasteiger partial charge < -0.3 is 10.6 Å². The largest absolute Gasteiger partial charge is 0.399 e. The van der Waals surface area contributed by atoms with Crippen molar-refractivity contribution in [2.45, 2.75) is 45.7 Å². The fourth-order valence-corrected chi connectivity index (χ4v) is 2.64. The second-order valence-corrected chi connectivity index (χ2v) is 4.73. The summed E-state index contributed by atoms with van der Waals surface area (Å²) in [7, 11) is 0. The van der Waals surface area contributed by atoms with Crippen molar-refractivity contribution >= 4 is 11.4 Å². The van der Waals surface area contributed by atoms with Crippen molar-refractivity contribution in [2.24, 2.45) is 0 Å². The van der Waals surface area contributed by atoms with E-state index in [0.29, 0.717) is 12.1 Å². The molecule has 1 aliphatic heterocycles. The lowest BCUT2D eigenvalue weighted by atomic mass is 10.1. The number of nitrogens with zero attached hydrogens (tertiary/aromatic N) is 1. The van der Waals surface area contributed by atoms with Gasteiger partial charge in [-0.25, -0.2) is 0 Å². The molecular formula is C13H20N2. The van der Waals surface area contributed by atoms with E-state index in [1.54, 1.807) is 0 Å². The molecule has 1 aromatic rings. The predicted octanol–water partition coefficient (Wildman–Crippen LogP) is 2.95. The van der Waals surface area contributed by atoms with Crippen LogP contribution in [0.25, 0.3) is 0 Å². The van der Waals surface area contributed by atoms with Crippen LogP contribution < -0.4 is 10.6 Å². The predicted molar refractivity (Wildman–Crippen MR) is 66.2 cm³/mol. The van der Waals surface area contributed by atoms with Gasteiger partial charge in [0.1, 0.15) is 0 Å². The van der Waals surface area contributed by atoms with E-state index in [4.69, 9.17) is 5.73 Å². The molecule has 82 valence electrons. The Balaban J connectivity index is 2.36. The highest BCUT2D eigenvalue weighted by Crippen LogP contribution is 2.33. The Morgan fingerprint density at radius 3 is 2.33 bits per heavy atom. The molecule has 1 saturated heterocycles. The lowest BCUT2D eigenvalue weighted by Crippen LogP contribution is -2.33. The summed E-state index contributed by atoms with van der Waals surface area (Å²) in [5.41, 5.74) is 9.27. The number of aryl methyl sites for hydroxylation is 1. The van der Waals surface area contributed by atoms with E-state index in [0.717, 1.165) is 5.69 Å². The average Bonchev–Trinajstić information content (AvgIpc) is 2.48. The monoisotopic (exact) mass is 204 g/mol. The number of hydrogen-bond acceptors (Lipinski definition) is 2. The van der Waals surface area contributed by atoms with Crippen molar-refractivity contribution < 1.29 is 0 Å². The molecule has 2 N–H and O–H groups in total. The second kappa shape index (κ2) is 3.76. The highest BCUT2D eigenvalue weighted by Gasteiger charge is 2.28. The summed E-state index contributed by atoms with van der Waals surface area (Å²) in [6.07, 6.45) is 2.59. The number of rotatable bonds is 1. The van der Waals surface area contributed by atoms with Crippen LogP contribution in [0.1, 0.15) is 32.3 Å². The Bertz CT molecular complexity index is 350. The molecule has 0 saturated carbocycles. The number of nitrogens with two attached hydrogens (primary N) is 1. The van der Waals surface area contributed by atoms with E-state index >= 15 is 0 Å². The van der Waals surface area contributed by atoms with Gasteiger partial charge in [0.25, 0.3) is 0 Å². The van der Waals surface area contributed by atoms with Gasteiger partial charge in [-0.1, -0.05) is 0 Å². The van der Waals surface area contributed by atoms with Gasteiger partial charge in [-0.2, -0.15) is 0 Å². The van der Waals surface area contributed by atoms with Crippen LogP contribution in [0.3, 0.4) is 0 Å². The molecule has 0 amide bonds. The Morgan fingerprint density at radius 2 is 1.80 bits per heavy atom. The molecule has 0 unspecified atom stereocenters. The molecule has 1 fully saturated rings. The Morgan fingerprint density at radius 1 is 1.20 bits per heavy atom. The molecule has 0 aromatic heterocycles. The maximum absolute atomic E-state index is 5.78. The fourth-order valence-electron chi connectivity index (χ4n) is 2.64. The minimum absolute atomic E-state index is 0.655. The molecule has 1 heterocycles. The first kappa shape index (κ1) is 10.3. The maximum atomic E-state index is 5.78. The molecule has 0 bridgehead atoms. The van der Waals surface area contributed by atoms with Crippen molar-refractivity contribution in [1.29, 1.82) is 0 Å². The average molecular weight is 204 g/mol. The first-order valence-electron chi connectivity index (χ1n) is 5.74. The van der Waals surface area contributed by atoms with Gasteiger partial charge in [0.05, 0.1) is 0 Å². The van der Waals surface area contributed by atoms with Gasteiger partial charge in [0.15, 0.2) is 0 Å². The van der Waals surface area contributed by atoms with Gasteiger partial charge in [-0.3, -0.25) is 0 Å². The zero-order valence-corrected chi connectivity index (χ0v) is 9.83. The molecule has 2 rings (SSSR count). The van der Waals surface area contributed by atoms with Crippen LogP contribution >= 0.6 is 0 Å². The van der Waals surface area contributed by atoms with Crippen LogP contribution in [-0.4, -0.2) is 12.1 Å². The Kier molecular flexibility index (Phi) is 2.59. The van der Waals surface area contributed by atoms with Crippen molar-refractivity contribution in [1.82, 2.24) is 0 Å². The number of anilines is 2. The van der Waals surface area contributed by atoms with Gasteiger partial charge in [0, 0.05) is 23.5 Å². The van der Waals surface area contributed by atoms with Crippen LogP contribution in [0.15, 0.2) is 18.2 Å². The quantitative estimate of drug-likeness (QED) is 0.713. The smallest absolute Gasteiger partial charge is 0.0402 e. The summed E-state index contributed by atoms with van der Waals surface area (Å²) in [6, 6.07) is 7.53. The normalized spacial score (nSPS) is 25.9. The number of hydrogen-bond donors (Lipinski definition) is 1. The Hall–Kier alpha value is -1.18.